The first-order chi connectivity index (χ1) is 9.24. The molecule has 1 fully saturated rings. The number of amides is 1. The summed E-state index contributed by atoms with van der Waals surface area (Å²) in [5, 5.41) is 12.1. The highest BCUT2D eigenvalue weighted by Crippen LogP contribution is 2.19. The Balaban J connectivity index is 2.06. The molecule has 1 aromatic carbocycles. The molecule has 5 heteroatoms. The van der Waals surface area contributed by atoms with E-state index in [4.69, 9.17) is 10.00 Å². The van der Waals surface area contributed by atoms with Gasteiger partial charge in [0, 0.05) is 26.2 Å². The second-order valence-electron chi connectivity index (χ2n) is 4.45. The van der Waals surface area contributed by atoms with Crippen molar-refractivity contribution in [1.29, 1.82) is 5.26 Å². The van der Waals surface area contributed by atoms with Gasteiger partial charge in [0.05, 0.1) is 19.1 Å². The normalized spacial score (nSPS) is 14.8. The lowest BCUT2D eigenvalue weighted by Crippen LogP contribution is -2.46. The molecular formula is C14H17N3O2. The van der Waals surface area contributed by atoms with Gasteiger partial charge in [0.15, 0.2) is 0 Å². The minimum Gasteiger partial charge on any atom is -0.495 e. The Hall–Kier alpha value is -2.06. The maximum atomic E-state index is 12.1. The van der Waals surface area contributed by atoms with E-state index in [0.717, 1.165) is 31.7 Å². The predicted molar refractivity (Wildman–Crippen MR) is 70.9 cm³/mol. The van der Waals surface area contributed by atoms with Gasteiger partial charge < -0.3 is 15.0 Å². The monoisotopic (exact) mass is 259 g/mol. The van der Waals surface area contributed by atoms with Crippen LogP contribution in [0.4, 0.5) is 0 Å². The van der Waals surface area contributed by atoms with Gasteiger partial charge in [0.1, 0.15) is 11.8 Å². The number of nitrogens with one attached hydrogen (secondary N) is 1. The number of piperazine rings is 1. The Morgan fingerprint density at radius 3 is 2.84 bits per heavy atom. The highest BCUT2D eigenvalue weighted by atomic mass is 16.5. The summed E-state index contributed by atoms with van der Waals surface area (Å²) < 4.78 is 5.15. The van der Waals surface area contributed by atoms with Gasteiger partial charge in [-0.15, -0.1) is 0 Å². The minimum atomic E-state index is 0.119. The molecule has 0 unspecified atom stereocenters. The van der Waals surface area contributed by atoms with E-state index in [9.17, 15) is 4.79 Å². The average molecular weight is 259 g/mol. The highest BCUT2D eigenvalue weighted by Gasteiger charge is 2.16. The third-order valence-corrected chi connectivity index (χ3v) is 3.21. The fraction of sp³-hybridized carbons (Fsp3) is 0.429. The standard InChI is InChI=1S/C14H17N3O2/c1-19-13-8-11(2-3-12(13)10-15)9-14(18)17-6-4-16-5-7-17/h2-3,8,16H,4-7,9H2,1H3. The molecule has 1 aliphatic rings. The molecule has 0 saturated carbocycles. The van der Waals surface area contributed by atoms with Gasteiger partial charge in [-0.2, -0.15) is 5.26 Å². The maximum absolute atomic E-state index is 12.1. The van der Waals surface area contributed by atoms with Crippen LogP contribution in [0.15, 0.2) is 18.2 Å². The van der Waals surface area contributed by atoms with E-state index in [1.807, 2.05) is 4.90 Å². The number of methoxy groups -OCH3 is 1. The molecule has 19 heavy (non-hydrogen) atoms. The summed E-state index contributed by atoms with van der Waals surface area (Å²) in [6, 6.07) is 7.32. The topological polar surface area (TPSA) is 65.4 Å². The fourth-order valence-corrected chi connectivity index (χ4v) is 2.14. The van der Waals surface area contributed by atoms with Crippen LogP contribution < -0.4 is 10.1 Å². The molecule has 1 saturated heterocycles. The van der Waals surface area contributed by atoms with Gasteiger partial charge >= 0.3 is 0 Å². The van der Waals surface area contributed by atoms with E-state index >= 15 is 0 Å². The summed E-state index contributed by atoms with van der Waals surface area (Å²) in [6.07, 6.45) is 0.349. The fourth-order valence-electron chi connectivity index (χ4n) is 2.14. The summed E-state index contributed by atoms with van der Waals surface area (Å²) in [5.74, 6) is 0.640. The van der Waals surface area contributed by atoms with Crippen LogP contribution in [0.5, 0.6) is 5.75 Å². The van der Waals surface area contributed by atoms with Crippen LogP contribution in [-0.4, -0.2) is 44.1 Å². The van der Waals surface area contributed by atoms with E-state index in [2.05, 4.69) is 11.4 Å². The Labute approximate surface area is 112 Å². The van der Waals surface area contributed by atoms with Gasteiger partial charge in [-0.1, -0.05) is 6.07 Å². The summed E-state index contributed by atoms with van der Waals surface area (Å²) >= 11 is 0. The predicted octanol–water partition coefficient (Wildman–Crippen LogP) is 0.541. The summed E-state index contributed by atoms with van der Waals surface area (Å²) in [7, 11) is 1.53. The Morgan fingerprint density at radius 1 is 1.47 bits per heavy atom. The largest absolute Gasteiger partial charge is 0.495 e. The zero-order chi connectivity index (χ0) is 13.7. The van der Waals surface area contributed by atoms with Crippen molar-refractivity contribution >= 4 is 5.91 Å². The van der Waals surface area contributed by atoms with Gasteiger partial charge in [-0.05, 0) is 17.7 Å². The number of nitrogens with zero attached hydrogens (tertiary/aromatic N) is 2. The molecule has 5 nitrogen and oxygen atoms in total. The summed E-state index contributed by atoms with van der Waals surface area (Å²) in [4.78, 5) is 14.0. The molecule has 0 aromatic heterocycles. The molecule has 1 aromatic rings. The first kappa shape index (κ1) is 13.4. The molecular weight excluding hydrogens is 242 g/mol. The second kappa shape index (κ2) is 6.21. The van der Waals surface area contributed by atoms with Crippen LogP contribution in [0.25, 0.3) is 0 Å². The van der Waals surface area contributed by atoms with Gasteiger partial charge in [-0.3, -0.25) is 4.79 Å². The van der Waals surface area contributed by atoms with Gasteiger partial charge in [0.25, 0.3) is 0 Å². The smallest absolute Gasteiger partial charge is 0.227 e. The number of ether oxygens (including phenoxy) is 1. The van der Waals surface area contributed by atoms with E-state index < -0.39 is 0 Å². The first-order valence-electron chi connectivity index (χ1n) is 6.30. The molecule has 2 rings (SSSR count). The SMILES string of the molecule is COc1cc(CC(=O)N2CCNCC2)ccc1C#N. The van der Waals surface area contributed by atoms with Crippen LogP contribution >= 0.6 is 0 Å². The average Bonchev–Trinajstić information content (AvgIpc) is 2.48. The molecule has 1 aliphatic heterocycles. The lowest BCUT2D eigenvalue weighted by atomic mass is 10.1. The van der Waals surface area contributed by atoms with Gasteiger partial charge in [0.2, 0.25) is 5.91 Å². The third kappa shape index (κ3) is 3.24. The zero-order valence-corrected chi connectivity index (χ0v) is 11.0. The lowest BCUT2D eigenvalue weighted by Gasteiger charge is -2.27. The molecule has 100 valence electrons. The highest BCUT2D eigenvalue weighted by molar-refractivity contribution is 5.79. The van der Waals surface area contributed by atoms with Crippen LogP contribution in [-0.2, 0) is 11.2 Å². The van der Waals surface area contributed by atoms with Crippen molar-refractivity contribution in [2.45, 2.75) is 6.42 Å². The molecule has 0 bridgehead atoms. The van der Waals surface area contributed by atoms with Crippen LogP contribution in [0.2, 0.25) is 0 Å². The van der Waals surface area contributed by atoms with Gasteiger partial charge in [-0.25, -0.2) is 0 Å². The zero-order valence-electron chi connectivity index (χ0n) is 11.0. The number of benzene rings is 1. The molecule has 0 radical (unpaired) electrons. The van der Waals surface area contributed by atoms with Crippen LogP contribution in [0.1, 0.15) is 11.1 Å². The number of carbonyl (C=O) groups is 1. The summed E-state index contributed by atoms with van der Waals surface area (Å²) in [6.45, 7) is 3.21. The Kier molecular flexibility index (Phi) is 4.37. The van der Waals surface area contributed by atoms with Crippen LogP contribution in [0, 0.1) is 11.3 Å². The van der Waals surface area contributed by atoms with Crippen molar-refractivity contribution < 1.29 is 9.53 Å². The number of rotatable bonds is 3. The number of carbonyl (C=O) groups excluding carboxylic acids is 1. The molecule has 0 aliphatic carbocycles. The molecule has 1 heterocycles. The van der Waals surface area contributed by atoms with Crippen molar-refractivity contribution in [3.63, 3.8) is 0 Å². The number of nitriles is 1. The third-order valence-electron chi connectivity index (χ3n) is 3.21. The van der Waals surface area contributed by atoms with Crippen molar-refractivity contribution in [2.75, 3.05) is 33.3 Å². The quantitative estimate of drug-likeness (QED) is 0.860. The van der Waals surface area contributed by atoms with E-state index in [0.29, 0.717) is 17.7 Å². The van der Waals surface area contributed by atoms with Crippen molar-refractivity contribution in [3.8, 4) is 11.8 Å². The Morgan fingerprint density at radius 2 is 2.21 bits per heavy atom. The van der Waals surface area contributed by atoms with Crippen LogP contribution in [0.3, 0.4) is 0 Å². The molecule has 1 amide bonds. The Bertz CT molecular complexity index is 502. The first-order valence-corrected chi connectivity index (χ1v) is 6.30. The lowest BCUT2D eigenvalue weighted by molar-refractivity contribution is -0.131. The van der Waals surface area contributed by atoms with E-state index in [1.165, 1.54) is 7.11 Å². The second-order valence-corrected chi connectivity index (χ2v) is 4.45. The van der Waals surface area contributed by atoms with E-state index in [1.54, 1.807) is 18.2 Å². The maximum Gasteiger partial charge on any atom is 0.227 e. The molecule has 0 atom stereocenters. The van der Waals surface area contributed by atoms with Crippen molar-refractivity contribution in [1.82, 2.24) is 10.2 Å². The molecule has 0 spiro atoms. The van der Waals surface area contributed by atoms with E-state index in [-0.39, 0.29) is 5.91 Å². The molecule has 1 N–H and O–H groups in total. The number of hydrogen-bond acceptors (Lipinski definition) is 4. The van der Waals surface area contributed by atoms with Crippen molar-refractivity contribution in [3.05, 3.63) is 29.3 Å². The minimum absolute atomic E-state index is 0.119. The van der Waals surface area contributed by atoms with Crippen molar-refractivity contribution in [2.24, 2.45) is 0 Å². The number of hydrogen-bond donors (Lipinski definition) is 1. The summed E-state index contributed by atoms with van der Waals surface area (Å²) in [5.41, 5.74) is 1.36.